The Labute approximate surface area is 153 Å². The lowest BCUT2D eigenvalue weighted by Crippen LogP contribution is -2.34. The Hall–Kier alpha value is -2.95. The Morgan fingerprint density at radius 2 is 2.00 bits per heavy atom. The number of nitrogens with one attached hydrogen (secondary N) is 1. The van der Waals surface area contributed by atoms with E-state index >= 15 is 0 Å². The maximum absolute atomic E-state index is 12.5. The van der Waals surface area contributed by atoms with Gasteiger partial charge in [0.05, 0.1) is 5.71 Å². The van der Waals surface area contributed by atoms with Crippen LogP contribution in [-0.2, 0) is 4.79 Å². The van der Waals surface area contributed by atoms with Gasteiger partial charge in [0, 0.05) is 43.0 Å². The molecular weight excluding hydrogens is 326 g/mol. The molecule has 1 atom stereocenters. The van der Waals surface area contributed by atoms with Gasteiger partial charge in [0.1, 0.15) is 0 Å². The van der Waals surface area contributed by atoms with Gasteiger partial charge in [-0.3, -0.25) is 9.59 Å². The highest BCUT2D eigenvalue weighted by Crippen LogP contribution is 2.31. The van der Waals surface area contributed by atoms with Gasteiger partial charge in [-0.25, -0.2) is 4.99 Å². The minimum Gasteiger partial charge on any atom is -0.378 e. The van der Waals surface area contributed by atoms with Crippen molar-refractivity contribution >= 4 is 23.2 Å². The molecule has 5 heteroatoms. The zero-order chi connectivity index (χ0) is 18.8. The molecular formula is C21H23N3O2. The molecule has 1 heterocycles. The Kier molecular flexibility index (Phi) is 4.89. The topological polar surface area (TPSA) is 61.8 Å². The van der Waals surface area contributed by atoms with Crippen LogP contribution in [0.2, 0.25) is 0 Å². The standard InChI is InChI=1S/C21H23N3O2/c1-13(2)18-12-20(25)23-19-11-15(8-9-17(18)19)22-21(26)14-6-5-7-16(10-14)24(3)4/h5-13,17H,1-4H3,(H,23,25). The van der Waals surface area contributed by atoms with E-state index in [1.807, 2.05) is 49.3 Å². The molecule has 5 nitrogen and oxygen atoms in total. The van der Waals surface area contributed by atoms with Gasteiger partial charge in [-0.1, -0.05) is 26.0 Å². The van der Waals surface area contributed by atoms with Gasteiger partial charge in [-0.05, 0) is 41.8 Å². The van der Waals surface area contributed by atoms with E-state index in [1.54, 1.807) is 18.2 Å². The molecule has 134 valence electrons. The number of nitrogens with zero attached hydrogens (tertiary/aromatic N) is 2. The molecule has 0 fully saturated rings. The van der Waals surface area contributed by atoms with E-state index in [9.17, 15) is 9.59 Å². The number of hydrogen-bond acceptors (Lipinski definition) is 3. The van der Waals surface area contributed by atoms with Crippen LogP contribution in [-0.4, -0.2) is 31.6 Å². The van der Waals surface area contributed by atoms with Gasteiger partial charge in [0.2, 0.25) is 5.91 Å². The SMILES string of the molecule is CC(C)C1=CC(=O)NC2=CC(=NC(=O)c3cccc(N(C)C)c3)C=CC21. The average molecular weight is 349 g/mol. The van der Waals surface area contributed by atoms with E-state index in [0.717, 1.165) is 17.0 Å². The Bertz CT molecular complexity index is 873. The first-order valence-corrected chi connectivity index (χ1v) is 8.68. The van der Waals surface area contributed by atoms with Crippen LogP contribution in [0.5, 0.6) is 0 Å². The predicted octanol–water partition coefficient (Wildman–Crippen LogP) is 3.12. The van der Waals surface area contributed by atoms with Crippen LogP contribution in [0.4, 0.5) is 5.69 Å². The number of benzene rings is 1. The van der Waals surface area contributed by atoms with Gasteiger partial charge in [-0.2, -0.15) is 0 Å². The lowest BCUT2D eigenvalue weighted by atomic mass is 9.82. The predicted molar refractivity (Wildman–Crippen MR) is 104 cm³/mol. The fourth-order valence-electron chi connectivity index (χ4n) is 3.11. The third-order valence-electron chi connectivity index (χ3n) is 4.53. The third-order valence-corrected chi connectivity index (χ3v) is 4.53. The number of fused-ring (bicyclic) bond motifs is 1. The first kappa shape index (κ1) is 17.9. The molecule has 2 aliphatic rings. The summed E-state index contributed by atoms with van der Waals surface area (Å²) in [5.74, 6) is -0.118. The summed E-state index contributed by atoms with van der Waals surface area (Å²) in [6, 6.07) is 7.35. The number of allylic oxidation sites excluding steroid dienone is 3. The Morgan fingerprint density at radius 3 is 2.69 bits per heavy atom. The smallest absolute Gasteiger partial charge is 0.277 e. The average Bonchev–Trinajstić information content (AvgIpc) is 2.60. The van der Waals surface area contributed by atoms with Crippen molar-refractivity contribution in [1.29, 1.82) is 0 Å². The molecule has 1 aliphatic carbocycles. The monoisotopic (exact) mass is 349 g/mol. The molecule has 26 heavy (non-hydrogen) atoms. The molecule has 1 aromatic carbocycles. The van der Waals surface area contributed by atoms with Crippen LogP contribution in [0.15, 0.2) is 64.8 Å². The van der Waals surface area contributed by atoms with Crippen LogP contribution in [0, 0.1) is 11.8 Å². The summed E-state index contributed by atoms with van der Waals surface area (Å²) in [7, 11) is 3.85. The number of amides is 2. The fraction of sp³-hybridized carbons (Fsp3) is 0.286. The van der Waals surface area contributed by atoms with Crippen LogP contribution in [0.25, 0.3) is 0 Å². The van der Waals surface area contributed by atoms with Crippen LogP contribution in [0.3, 0.4) is 0 Å². The molecule has 2 amide bonds. The summed E-state index contributed by atoms with van der Waals surface area (Å²) in [6.07, 6.45) is 7.28. The van der Waals surface area contributed by atoms with Crippen molar-refractivity contribution < 1.29 is 9.59 Å². The number of aliphatic imine (C=N–C) groups is 1. The molecule has 1 aromatic rings. The van der Waals surface area contributed by atoms with Gasteiger partial charge in [0.25, 0.3) is 5.91 Å². The van der Waals surface area contributed by atoms with Crippen LogP contribution >= 0.6 is 0 Å². The highest BCUT2D eigenvalue weighted by Gasteiger charge is 2.27. The summed E-state index contributed by atoms with van der Waals surface area (Å²) in [5, 5.41) is 2.87. The molecule has 0 spiro atoms. The van der Waals surface area contributed by atoms with E-state index in [1.165, 1.54) is 0 Å². The van der Waals surface area contributed by atoms with Crippen molar-refractivity contribution in [2.45, 2.75) is 13.8 Å². The highest BCUT2D eigenvalue weighted by molar-refractivity contribution is 6.14. The summed E-state index contributed by atoms with van der Waals surface area (Å²) in [4.78, 5) is 30.6. The number of rotatable bonds is 3. The zero-order valence-corrected chi connectivity index (χ0v) is 15.5. The minimum absolute atomic E-state index is 0.0406. The van der Waals surface area contributed by atoms with Crippen molar-refractivity contribution in [3.8, 4) is 0 Å². The Balaban J connectivity index is 1.87. The molecule has 0 bridgehead atoms. The summed E-state index contributed by atoms with van der Waals surface area (Å²) in [6.45, 7) is 4.14. The summed E-state index contributed by atoms with van der Waals surface area (Å²) >= 11 is 0. The number of carbonyl (C=O) groups excluding carboxylic acids is 2. The molecule has 1 N–H and O–H groups in total. The molecule has 0 radical (unpaired) electrons. The number of carbonyl (C=O) groups is 2. The highest BCUT2D eigenvalue weighted by atomic mass is 16.2. The second-order valence-corrected chi connectivity index (χ2v) is 7.01. The van der Waals surface area contributed by atoms with Crippen molar-refractivity contribution in [3.05, 3.63) is 65.4 Å². The lowest BCUT2D eigenvalue weighted by Gasteiger charge is -2.29. The third kappa shape index (κ3) is 3.67. The lowest BCUT2D eigenvalue weighted by molar-refractivity contribution is -0.116. The maximum Gasteiger partial charge on any atom is 0.277 e. The van der Waals surface area contributed by atoms with Gasteiger partial charge < -0.3 is 10.2 Å². The summed E-state index contributed by atoms with van der Waals surface area (Å²) in [5.41, 5.74) is 3.87. The van der Waals surface area contributed by atoms with Crippen molar-refractivity contribution in [2.75, 3.05) is 19.0 Å². The van der Waals surface area contributed by atoms with Crippen molar-refractivity contribution in [2.24, 2.45) is 16.8 Å². The quantitative estimate of drug-likeness (QED) is 0.912. The molecule has 3 rings (SSSR count). The second kappa shape index (κ2) is 7.12. The second-order valence-electron chi connectivity index (χ2n) is 7.01. The molecule has 1 aliphatic heterocycles. The minimum atomic E-state index is -0.301. The first-order valence-electron chi connectivity index (χ1n) is 8.68. The molecule has 0 saturated heterocycles. The Morgan fingerprint density at radius 1 is 1.23 bits per heavy atom. The van der Waals surface area contributed by atoms with Crippen LogP contribution in [0.1, 0.15) is 24.2 Å². The summed E-state index contributed by atoms with van der Waals surface area (Å²) < 4.78 is 0. The molecule has 0 saturated carbocycles. The van der Waals surface area contributed by atoms with Crippen molar-refractivity contribution in [1.82, 2.24) is 5.32 Å². The number of anilines is 1. The molecule has 1 unspecified atom stereocenters. The zero-order valence-electron chi connectivity index (χ0n) is 15.5. The largest absolute Gasteiger partial charge is 0.378 e. The fourth-order valence-corrected chi connectivity index (χ4v) is 3.11. The van der Waals surface area contributed by atoms with Gasteiger partial charge >= 0.3 is 0 Å². The van der Waals surface area contributed by atoms with Gasteiger partial charge in [0.15, 0.2) is 0 Å². The van der Waals surface area contributed by atoms with Crippen molar-refractivity contribution in [3.63, 3.8) is 0 Å². The maximum atomic E-state index is 12.5. The van der Waals surface area contributed by atoms with E-state index in [2.05, 4.69) is 24.2 Å². The number of hydrogen-bond donors (Lipinski definition) is 1. The first-order chi connectivity index (χ1) is 12.3. The van der Waals surface area contributed by atoms with E-state index < -0.39 is 0 Å². The van der Waals surface area contributed by atoms with E-state index in [-0.39, 0.29) is 23.7 Å². The van der Waals surface area contributed by atoms with E-state index in [4.69, 9.17) is 0 Å². The van der Waals surface area contributed by atoms with Crippen LogP contribution < -0.4 is 10.2 Å². The normalized spacial score (nSPS) is 20.4. The van der Waals surface area contributed by atoms with E-state index in [0.29, 0.717) is 11.3 Å². The van der Waals surface area contributed by atoms with Gasteiger partial charge in [-0.15, -0.1) is 0 Å². The molecule has 0 aromatic heterocycles.